The molecule has 0 aromatic heterocycles. The highest BCUT2D eigenvalue weighted by Gasteiger charge is 2.32. The standard InChI is InChI=1S/C14H24N2O4/c1-20-10-11-4-2-6-15(8-11)14(19)16-7-3-5-12(9-16)13(17)18/h11-12H,2-10H2,1H3,(H,17,18)/t11?,12-/m0/s1. The molecule has 2 atom stereocenters. The van der Waals surface area contributed by atoms with Crippen molar-refractivity contribution in [3.05, 3.63) is 0 Å². The summed E-state index contributed by atoms with van der Waals surface area (Å²) in [5.74, 6) is -0.802. The van der Waals surface area contributed by atoms with E-state index in [0.717, 1.165) is 32.4 Å². The fourth-order valence-electron chi connectivity index (χ4n) is 3.16. The number of amides is 2. The SMILES string of the molecule is COCC1CCCN(C(=O)N2CCC[C@H](C(=O)O)C2)C1. The quantitative estimate of drug-likeness (QED) is 0.847. The van der Waals surface area contributed by atoms with E-state index >= 15 is 0 Å². The average Bonchev–Trinajstić information content (AvgIpc) is 2.47. The van der Waals surface area contributed by atoms with Crippen molar-refractivity contribution in [2.45, 2.75) is 25.7 Å². The van der Waals surface area contributed by atoms with Gasteiger partial charge in [0.25, 0.3) is 0 Å². The van der Waals surface area contributed by atoms with Crippen LogP contribution in [-0.4, -0.2) is 66.8 Å². The van der Waals surface area contributed by atoms with E-state index in [4.69, 9.17) is 9.84 Å². The van der Waals surface area contributed by atoms with Crippen LogP contribution in [0.4, 0.5) is 4.79 Å². The van der Waals surface area contributed by atoms with Gasteiger partial charge < -0.3 is 19.6 Å². The van der Waals surface area contributed by atoms with E-state index in [0.29, 0.717) is 32.0 Å². The van der Waals surface area contributed by atoms with Crippen LogP contribution in [0.1, 0.15) is 25.7 Å². The van der Waals surface area contributed by atoms with Gasteiger partial charge in [-0.1, -0.05) is 0 Å². The van der Waals surface area contributed by atoms with E-state index in [9.17, 15) is 9.59 Å². The number of carboxylic acid groups (broad SMARTS) is 1. The first kappa shape index (κ1) is 15.1. The number of urea groups is 1. The summed E-state index contributed by atoms with van der Waals surface area (Å²) in [5.41, 5.74) is 0. The Morgan fingerprint density at radius 1 is 1.15 bits per heavy atom. The zero-order chi connectivity index (χ0) is 14.5. The average molecular weight is 284 g/mol. The Hall–Kier alpha value is -1.30. The zero-order valence-corrected chi connectivity index (χ0v) is 12.1. The summed E-state index contributed by atoms with van der Waals surface area (Å²) < 4.78 is 5.17. The highest BCUT2D eigenvalue weighted by Crippen LogP contribution is 2.21. The monoisotopic (exact) mass is 284 g/mol. The summed E-state index contributed by atoms with van der Waals surface area (Å²) in [6.45, 7) is 3.20. The number of methoxy groups -OCH3 is 1. The number of hydrogen-bond acceptors (Lipinski definition) is 3. The number of hydrogen-bond donors (Lipinski definition) is 1. The molecule has 0 radical (unpaired) electrons. The van der Waals surface area contributed by atoms with Gasteiger partial charge in [0.05, 0.1) is 12.5 Å². The molecule has 2 fully saturated rings. The van der Waals surface area contributed by atoms with Crippen molar-refractivity contribution >= 4 is 12.0 Å². The van der Waals surface area contributed by atoms with Crippen molar-refractivity contribution in [3.8, 4) is 0 Å². The van der Waals surface area contributed by atoms with Gasteiger partial charge in [0, 0.05) is 39.2 Å². The number of piperidine rings is 2. The summed E-state index contributed by atoms with van der Waals surface area (Å²) in [6, 6.07) is -0.00301. The third-order valence-electron chi connectivity index (χ3n) is 4.23. The fraction of sp³-hybridized carbons (Fsp3) is 0.857. The second-order valence-electron chi connectivity index (χ2n) is 5.82. The molecule has 2 aliphatic rings. The lowest BCUT2D eigenvalue weighted by molar-refractivity contribution is -0.143. The molecule has 0 spiro atoms. The highest BCUT2D eigenvalue weighted by molar-refractivity contribution is 5.76. The molecule has 0 bridgehead atoms. The molecule has 1 unspecified atom stereocenters. The normalized spacial score (nSPS) is 27.4. The molecule has 2 aliphatic heterocycles. The van der Waals surface area contributed by atoms with Crippen LogP contribution < -0.4 is 0 Å². The second-order valence-corrected chi connectivity index (χ2v) is 5.82. The van der Waals surface area contributed by atoms with Crippen LogP contribution in [0.25, 0.3) is 0 Å². The minimum Gasteiger partial charge on any atom is -0.481 e. The molecule has 6 heteroatoms. The predicted molar refractivity (Wildman–Crippen MR) is 73.5 cm³/mol. The number of carboxylic acids is 1. The smallest absolute Gasteiger partial charge is 0.320 e. The molecule has 20 heavy (non-hydrogen) atoms. The summed E-state index contributed by atoms with van der Waals surface area (Å²) >= 11 is 0. The van der Waals surface area contributed by atoms with Crippen LogP contribution in [0.15, 0.2) is 0 Å². The van der Waals surface area contributed by atoms with E-state index in [1.54, 1.807) is 12.0 Å². The summed E-state index contributed by atoms with van der Waals surface area (Å²) in [4.78, 5) is 27.1. The van der Waals surface area contributed by atoms with E-state index in [1.807, 2.05) is 4.90 Å². The molecule has 0 aliphatic carbocycles. The third-order valence-corrected chi connectivity index (χ3v) is 4.23. The lowest BCUT2D eigenvalue weighted by Crippen LogP contribution is -2.51. The fourth-order valence-corrected chi connectivity index (χ4v) is 3.16. The third kappa shape index (κ3) is 3.62. The molecule has 2 saturated heterocycles. The number of carbonyl (C=O) groups is 2. The molecule has 114 valence electrons. The van der Waals surface area contributed by atoms with Crippen LogP contribution in [0.5, 0.6) is 0 Å². The Morgan fingerprint density at radius 3 is 2.45 bits per heavy atom. The minimum atomic E-state index is -0.793. The molecule has 6 nitrogen and oxygen atoms in total. The number of carbonyl (C=O) groups excluding carboxylic acids is 1. The van der Waals surface area contributed by atoms with Gasteiger partial charge in [-0.05, 0) is 25.7 Å². The topological polar surface area (TPSA) is 70.1 Å². The van der Waals surface area contributed by atoms with E-state index in [-0.39, 0.29) is 6.03 Å². The van der Waals surface area contributed by atoms with Crippen molar-refractivity contribution < 1.29 is 19.4 Å². The number of ether oxygens (including phenoxy) is 1. The summed E-state index contributed by atoms with van der Waals surface area (Å²) in [5, 5.41) is 9.09. The first-order chi connectivity index (χ1) is 9.61. The van der Waals surface area contributed by atoms with Crippen LogP contribution in [0.3, 0.4) is 0 Å². The number of nitrogens with zero attached hydrogens (tertiary/aromatic N) is 2. The van der Waals surface area contributed by atoms with Crippen LogP contribution >= 0.6 is 0 Å². The van der Waals surface area contributed by atoms with Crippen molar-refractivity contribution in [3.63, 3.8) is 0 Å². The molecular formula is C14H24N2O4. The zero-order valence-electron chi connectivity index (χ0n) is 12.1. The van der Waals surface area contributed by atoms with Gasteiger partial charge in [0.15, 0.2) is 0 Å². The van der Waals surface area contributed by atoms with Gasteiger partial charge in [0.2, 0.25) is 0 Å². The first-order valence-corrected chi connectivity index (χ1v) is 7.37. The van der Waals surface area contributed by atoms with Gasteiger partial charge in [-0.25, -0.2) is 4.79 Å². The van der Waals surface area contributed by atoms with Gasteiger partial charge in [-0.2, -0.15) is 0 Å². The Morgan fingerprint density at radius 2 is 1.80 bits per heavy atom. The molecule has 0 saturated carbocycles. The van der Waals surface area contributed by atoms with Gasteiger partial charge in [-0.3, -0.25) is 4.79 Å². The van der Waals surface area contributed by atoms with E-state index < -0.39 is 11.9 Å². The Bertz CT molecular complexity index is 359. The van der Waals surface area contributed by atoms with Crippen molar-refractivity contribution in [2.24, 2.45) is 11.8 Å². The Labute approximate surface area is 119 Å². The lowest BCUT2D eigenvalue weighted by Gasteiger charge is -2.38. The van der Waals surface area contributed by atoms with Crippen LogP contribution in [0, 0.1) is 11.8 Å². The number of aliphatic carboxylic acids is 1. The van der Waals surface area contributed by atoms with E-state index in [1.165, 1.54) is 0 Å². The molecule has 1 N–H and O–H groups in total. The van der Waals surface area contributed by atoms with Crippen molar-refractivity contribution in [2.75, 3.05) is 39.9 Å². The molecule has 2 heterocycles. The van der Waals surface area contributed by atoms with Crippen molar-refractivity contribution in [1.82, 2.24) is 9.80 Å². The molecular weight excluding hydrogens is 260 g/mol. The maximum atomic E-state index is 12.5. The second kappa shape index (κ2) is 6.92. The van der Waals surface area contributed by atoms with E-state index in [2.05, 4.69) is 0 Å². The molecule has 0 aromatic rings. The molecule has 2 rings (SSSR count). The summed E-state index contributed by atoms with van der Waals surface area (Å²) in [6.07, 6.45) is 3.54. The molecule has 0 aromatic carbocycles. The largest absolute Gasteiger partial charge is 0.481 e. The number of likely N-dealkylation sites (tertiary alicyclic amines) is 2. The Balaban J connectivity index is 1.91. The van der Waals surface area contributed by atoms with Crippen LogP contribution in [0.2, 0.25) is 0 Å². The van der Waals surface area contributed by atoms with Gasteiger partial charge in [-0.15, -0.1) is 0 Å². The van der Waals surface area contributed by atoms with Gasteiger partial charge >= 0.3 is 12.0 Å². The Kier molecular flexibility index (Phi) is 5.23. The lowest BCUT2D eigenvalue weighted by atomic mass is 9.97. The maximum absolute atomic E-state index is 12.5. The highest BCUT2D eigenvalue weighted by atomic mass is 16.5. The van der Waals surface area contributed by atoms with Crippen molar-refractivity contribution in [1.29, 1.82) is 0 Å². The first-order valence-electron chi connectivity index (χ1n) is 7.37. The van der Waals surface area contributed by atoms with Gasteiger partial charge in [0.1, 0.15) is 0 Å². The number of rotatable bonds is 3. The van der Waals surface area contributed by atoms with Crippen LogP contribution in [-0.2, 0) is 9.53 Å². The maximum Gasteiger partial charge on any atom is 0.320 e. The summed E-state index contributed by atoms with van der Waals surface area (Å²) in [7, 11) is 1.68. The minimum absolute atomic E-state index is 0.00301. The molecule has 2 amide bonds. The predicted octanol–water partition coefficient (Wildman–Crippen LogP) is 1.26.